The summed E-state index contributed by atoms with van der Waals surface area (Å²) in [4.78, 5) is 35.5. The summed E-state index contributed by atoms with van der Waals surface area (Å²) in [6.07, 6.45) is 9.72. The van der Waals surface area contributed by atoms with Crippen molar-refractivity contribution in [2.45, 2.75) is 83.4 Å². The fraction of sp³-hybridized carbons (Fsp3) is 0.593. The maximum absolute atomic E-state index is 11.9. The second-order valence-corrected chi connectivity index (χ2v) is 8.98. The molecule has 1 heterocycles. The standard InChI is InChI=1S/C27H36O7/c1-20(29)33-24-17-25(34-27-15-9-10-16-31-27)23(18-28)22(24)13-7-2-3-8-14-26(30)32-19-21-11-5-4-6-12-21/h2,4-7,11-12,18,22-25,27H,3,8-10,13-17,19H2,1H3/b7-2-/t22-,23-,24?,25-,27?/m1/s1. The zero-order chi connectivity index (χ0) is 24.2. The molecule has 0 radical (unpaired) electrons. The van der Waals surface area contributed by atoms with Gasteiger partial charge in [-0.1, -0.05) is 42.5 Å². The third-order valence-corrected chi connectivity index (χ3v) is 6.37. The number of rotatable bonds is 12. The molecule has 1 aromatic carbocycles. The van der Waals surface area contributed by atoms with Gasteiger partial charge >= 0.3 is 11.9 Å². The molecule has 0 amide bonds. The highest BCUT2D eigenvalue weighted by atomic mass is 16.7. The van der Waals surface area contributed by atoms with Crippen LogP contribution in [0.4, 0.5) is 0 Å². The molecule has 1 saturated heterocycles. The average Bonchev–Trinajstić information content (AvgIpc) is 3.16. The van der Waals surface area contributed by atoms with Crippen molar-refractivity contribution in [3.8, 4) is 0 Å². The minimum absolute atomic E-state index is 0.137. The summed E-state index contributed by atoms with van der Waals surface area (Å²) in [6, 6.07) is 9.60. The number of aldehydes is 1. The van der Waals surface area contributed by atoms with Crippen LogP contribution in [0.2, 0.25) is 0 Å². The summed E-state index contributed by atoms with van der Waals surface area (Å²) in [6.45, 7) is 2.34. The van der Waals surface area contributed by atoms with Crippen molar-refractivity contribution in [1.29, 1.82) is 0 Å². The highest BCUT2D eigenvalue weighted by Crippen LogP contribution is 2.39. The third-order valence-electron chi connectivity index (χ3n) is 6.37. The lowest BCUT2D eigenvalue weighted by molar-refractivity contribution is -0.195. The molecular formula is C27H36O7. The number of carbonyl (C=O) groups is 3. The smallest absolute Gasteiger partial charge is 0.306 e. The molecule has 34 heavy (non-hydrogen) atoms. The number of unbranched alkanes of at least 4 members (excludes halogenated alkanes) is 1. The molecular weight excluding hydrogens is 436 g/mol. The predicted molar refractivity (Wildman–Crippen MR) is 126 cm³/mol. The van der Waals surface area contributed by atoms with Crippen molar-refractivity contribution in [3.05, 3.63) is 48.0 Å². The van der Waals surface area contributed by atoms with Gasteiger partial charge in [-0.25, -0.2) is 0 Å². The summed E-state index contributed by atoms with van der Waals surface area (Å²) in [7, 11) is 0. The van der Waals surface area contributed by atoms with E-state index in [1.807, 2.05) is 42.5 Å². The molecule has 1 saturated carbocycles. The largest absolute Gasteiger partial charge is 0.462 e. The average molecular weight is 473 g/mol. The Morgan fingerprint density at radius 1 is 1.12 bits per heavy atom. The van der Waals surface area contributed by atoms with Crippen LogP contribution in [0, 0.1) is 11.8 Å². The van der Waals surface area contributed by atoms with Crippen molar-refractivity contribution >= 4 is 18.2 Å². The molecule has 2 aliphatic rings. The molecule has 0 spiro atoms. The first-order valence-electron chi connectivity index (χ1n) is 12.3. The van der Waals surface area contributed by atoms with Crippen LogP contribution >= 0.6 is 0 Å². The van der Waals surface area contributed by atoms with Crippen LogP contribution in [-0.4, -0.2) is 43.3 Å². The molecule has 7 heteroatoms. The molecule has 0 aromatic heterocycles. The maximum Gasteiger partial charge on any atom is 0.306 e. The van der Waals surface area contributed by atoms with E-state index in [0.717, 1.165) is 37.5 Å². The number of hydrogen-bond donors (Lipinski definition) is 0. The number of esters is 2. The van der Waals surface area contributed by atoms with E-state index >= 15 is 0 Å². The number of ether oxygens (including phenoxy) is 4. The second-order valence-electron chi connectivity index (χ2n) is 8.98. The van der Waals surface area contributed by atoms with Crippen molar-refractivity contribution in [3.63, 3.8) is 0 Å². The van der Waals surface area contributed by atoms with E-state index in [1.54, 1.807) is 0 Å². The Kier molecular flexibility index (Phi) is 10.8. The van der Waals surface area contributed by atoms with Crippen LogP contribution in [0.15, 0.2) is 42.5 Å². The summed E-state index contributed by atoms with van der Waals surface area (Å²) in [5, 5.41) is 0. The Labute approximate surface area is 201 Å². The molecule has 1 aliphatic heterocycles. The molecule has 2 unspecified atom stereocenters. The number of carbonyl (C=O) groups excluding carboxylic acids is 3. The second kappa shape index (κ2) is 14.0. The molecule has 0 N–H and O–H groups in total. The number of hydrogen-bond acceptors (Lipinski definition) is 7. The van der Waals surface area contributed by atoms with Gasteiger partial charge in [0, 0.05) is 38.2 Å². The molecule has 1 aliphatic carbocycles. The van der Waals surface area contributed by atoms with Crippen LogP contribution < -0.4 is 0 Å². The van der Waals surface area contributed by atoms with E-state index < -0.39 is 0 Å². The van der Waals surface area contributed by atoms with Crippen LogP contribution in [0.25, 0.3) is 0 Å². The van der Waals surface area contributed by atoms with E-state index in [0.29, 0.717) is 32.3 Å². The third kappa shape index (κ3) is 8.37. The summed E-state index contributed by atoms with van der Waals surface area (Å²) in [5.74, 6) is -1.06. The van der Waals surface area contributed by atoms with Gasteiger partial charge in [0.15, 0.2) is 6.29 Å². The minimum atomic E-state index is -0.362. The van der Waals surface area contributed by atoms with E-state index in [1.165, 1.54) is 6.92 Å². The normalized spacial score (nSPS) is 26.9. The topological polar surface area (TPSA) is 88.1 Å². The lowest BCUT2D eigenvalue weighted by Crippen LogP contribution is -2.32. The summed E-state index contributed by atoms with van der Waals surface area (Å²) >= 11 is 0. The van der Waals surface area contributed by atoms with Gasteiger partial charge in [-0.05, 0) is 44.1 Å². The van der Waals surface area contributed by atoms with E-state index in [2.05, 4.69) is 0 Å². The first kappa shape index (κ1) is 26.1. The Hall–Kier alpha value is -2.51. The van der Waals surface area contributed by atoms with Gasteiger partial charge in [0.1, 0.15) is 19.0 Å². The zero-order valence-electron chi connectivity index (χ0n) is 19.9. The quantitative estimate of drug-likeness (QED) is 0.191. The lowest BCUT2D eigenvalue weighted by atomic mass is 9.91. The van der Waals surface area contributed by atoms with Gasteiger partial charge in [-0.15, -0.1) is 0 Å². The van der Waals surface area contributed by atoms with Gasteiger partial charge in [-0.3, -0.25) is 9.59 Å². The summed E-state index contributed by atoms with van der Waals surface area (Å²) < 4.78 is 22.6. The predicted octanol–water partition coefficient (Wildman–Crippen LogP) is 4.52. The Balaban J connectivity index is 1.43. The lowest BCUT2D eigenvalue weighted by Gasteiger charge is -2.27. The summed E-state index contributed by atoms with van der Waals surface area (Å²) in [5.41, 5.74) is 0.969. The Morgan fingerprint density at radius 3 is 2.65 bits per heavy atom. The fourth-order valence-corrected chi connectivity index (χ4v) is 4.64. The Morgan fingerprint density at radius 2 is 1.94 bits per heavy atom. The SMILES string of the molecule is CC(=O)OC1C[C@@H](OC2CCCCO2)[C@H](C=O)[C@H]1C/C=C\CCCC(=O)OCc1ccccc1. The maximum atomic E-state index is 11.9. The first-order valence-corrected chi connectivity index (χ1v) is 12.3. The van der Waals surface area contributed by atoms with Gasteiger partial charge in [0.2, 0.25) is 0 Å². The van der Waals surface area contributed by atoms with Crippen molar-refractivity contribution in [2.75, 3.05) is 6.61 Å². The minimum Gasteiger partial charge on any atom is -0.462 e. The molecule has 5 atom stereocenters. The van der Waals surface area contributed by atoms with E-state index in [9.17, 15) is 14.4 Å². The van der Waals surface area contributed by atoms with Gasteiger partial charge in [-0.2, -0.15) is 0 Å². The molecule has 1 aromatic rings. The van der Waals surface area contributed by atoms with Gasteiger partial charge in [0.25, 0.3) is 0 Å². The zero-order valence-corrected chi connectivity index (χ0v) is 19.9. The van der Waals surface area contributed by atoms with Crippen molar-refractivity contribution in [2.24, 2.45) is 11.8 Å². The monoisotopic (exact) mass is 472 g/mol. The highest BCUT2D eigenvalue weighted by Gasteiger charge is 2.46. The van der Waals surface area contributed by atoms with Crippen LogP contribution in [0.5, 0.6) is 0 Å². The van der Waals surface area contributed by atoms with Crippen LogP contribution in [0.1, 0.15) is 63.9 Å². The van der Waals surface area contributed by atoms with E-state index in [-0.39, 0.29) is 48.9 Å². The number of benzene rings is 1. The fourth-order valence-electron chi connectivity index (χ4n) is 4.64. The first-order chi connectivity index (χ1) is 16.6. The highest BCUT2D eigenvalue weighted by molar-refractivity contribution is 5.69. The van der Waals surface area contributed by atoms with Gasteiger partial charge < -0.3 is 23.7 Å². The number of allylic oxidation sites excluding steroid dienone is 2. The van der Waals surface area contributed by atoms with Crippen LogP contribution in [-0.2, 0) is 39.9 Å². The molecule has 2 fully saturated rings. The molecule has 0 bridgehead atoms. The van der Waals surface area contributed by atoms with E-state index in [4.69, 9.17) is 18.9 Å². The van der Waals surface area contributed by atoms with Crippen molar-refractivity contribution < 1.29 is 33.3 Å². The molecule has 186 valence electrons. The van der Waals surface area contributed by atoms with Gasteiger partial charge in [0.05, 0.1) is 6.10 Å². The molecule has 7 nitrogen and oxygen atoms in total. The van der Waals surface area contributed by atoms with Crippen LogP contribution in [0.3, 0.4) is 0 Å². The van der Waals surface area contributed by atoms with Crippen molar-refractivity contribution in [1.82, 2.24) is 0 Å². The Bertz CT molecular complexity index is 800. The molecule has 3 rings (SSSR count).